The van der Waals surface area contributed by atoms with Crippen molar-refractivity contribution in [1.29, 1.82) is 0 Å². The Bertz CT molecular complexity index is 1110. The molecular weight excluding hydrogens is 430 g/mol. The Balaban J connectivity index is 1.60. The van der Waals surface area contributed by atoms with Crippen molar-refractivity contribution in [2.45, 2.75) is 38.5 Å². The summed E-state index contributed by atoms with van der Waals surface area (Å²) >= 11 is 1.23. The number of rotatable bonds is 9. The van der Waals surface area contributed by atoms with Gasteiger partial charge in [-0.1, -0.05) is 36.9 Å². The maximum absolute atomic E-state index is 12.4. The number of nitro benzene ring substituents is 1. The van der Waals surface area contributed by atoms with Crippen molar-refractivity contribution in [3.05, 3.63) is 69.5 Å². The number of aromatic nitrogens is 3. The van der Waals surface area contributed by atoms with Gasteiger partial charge in [-0.25, -0.2) is 0 Å². The number of anilines is 1. The monoisotopic (exact) mass is 455 g/mol. The van der Waals surface area contributed by atoms with E-state index in [-0.39, 0.29) is 23.5 Å². The number of hydrogen-bond acceptors (Lipinski definition) is 7. The second-order valence-corrected chi connectivity index (χ2v) is 8.19. The highest BCUT2D eigenvalue weighted by molar-refractivity contribution is 7.99. The number of nitrogens with one attached hydrogen (secondary N) is 1. The smallest absolute Gasteiger partial charge is 0.271 e. The van der Waals surface area contributed by atoms with Crippen molar-refractivity contribution in [1.82, 2.24) is 14.8 Å². The number of non-ortho nitro benzene ring substituents is 1. The second-order valence-electron chi connectivity index (χ2n) is 7.25. The number of carbonyl (C=O) groups is 1. The highest BCUT2D eigenvalue weighted by Crippen LogP contribution is 2.25. The van der Waals surface area contributed by atoms with Gasteiger partial charge in [0.2, 0.25) is 5.91 Å². The molecule has 1 amide bonds. The van der Waals surface area contributed by atoms with Crippen molar-refractivity contribution < 1.29 is 14.5 Å². The van der Waals surface area contributed by atoms with Gasteiger partial charge in [0.25, 0.3) is 5.69 Å². The molecule has 0 fully saturated rings. The number of carbonyl (C=O) groups excluding carboxylic acids is 1. The summed E-state index contributed by atoms with van der Waals surface area (Å²) in [7, 11) is 1.82. The number of ether oxygens (including phenoxy) is 1. The van der Waals surface area contributed by atoms with Gasteiger partial charge in [-0.2, -0.15) is 0 Å². The Morgan fingerprint density at radius 3 is 2.62 bits per heavy atom. The van der Waals surface area contributed by atoms with Crippen LogP contribution >= 0.6 is 11.8 Å². The molecule has 0 aliphatic carbocycles. The Kier molecular flexibility index (Phi) is 7.47. The van der Waals surface area contributed by atoms with Gasteiger partial charge < -0.3 is 14.6 Å². The molecular formula is C22H25N5O4S. The van der Waals surface area contributed by atoms with Gasteiger partial charge in [0.05, 0.1) is 16.4 Å². The molecule has 32 heavy (non-hydrogen) atoms. The summed E-state index contributed by atoms with van der Waals surface area (Å²) < 4.78 is 7.77. The number of hydrogen-bond donors (Lipinski definition) is 1. The molecule has 1 atom stereocenters. The van der Waals surface area contributed by atoms with E-state index in [0.29, 0.717) is 16.7 Å². The molecule has 1 aromatic heterocycles. The van der Waals surface area contributed by atoms with E-state index in [1.165, 1.54) is 29.5 Å². The maximum atomic E-state index is 12.4. The van der Waals surface area contributed by atoms with Crippen LogP contribution < -0.4 is 10.1 Å². The highest BCUT2D eigenvalue weighted by Gasteiger charge is 2.18. The van der Waals surface area contributed by atoms with E-state index in [2.05, 4.69) is 22.4 Å². The van der Waals surface area contributed by atoms with E-state index in [0.717, 1.165) is 17.7 Å². The van der Waals surface area contributed by atoms with Crippen LogP contribution in [0.3, 0.4) is 0 Å². The molecule has 0 aliphatic heterocycles. The van der Waals surface area contributed by atoms with Crippen LogP contribution in [-0.4, -0.2) is 31.3 Å². The van der Waals surface area contributed by atoms with E-state index in [9.17, 15) is 14.9 Å². The zero-order valence-corrected chi connectivity index (χ0v) is 19.2. The summed E-state index contributed by atoms with van der Waals surface area (Å²) in [5.74, 6) is 1.19. The fourth-order valence-electron chi connectivity index (χ4n) is 3.04. The van der Waals surface area contributed by atoms with Gasteiger partial charge in [-0.3, -0.25) is 14.9 Å². The zero-order chi connectivity index (χ0) is 23.3. The average Bonchev–Trinajstić information content (AvgIpc) is 3.14. The minimum absolute atomic E-state index is 0.0742. The molecule has 0 saturated heterocycles. The van der Waals surface area contributed by atoms with E-state index in [4.69, 9.17) is 4.74 Å². The Labute approximate surface area is 190 Å². The minimum Gasteiger partial charge on any atom is -0.483 e. The Morgan fingerprint density at radius 1 is 1.25 bits per heavy atom. The van der Waals surface area contributed by atoms with Crippen LogP contribution in [0.25, 0.3) is 0 Å². The lowest BCUT2D eigenvalue weighted by Crippen LogP contribution is -2.15. The fraction of sp³-hybridized carbons (Fsp3) is 0.318. The second kappa shape index (κ2) is 10.3. The molecule has 2 aromatic carbocycles. The minimum atomic E-state index is -0.494. The molecule has 0 spiro atoms. The average molecular weight is 456 g/mol. The lowest BCUT2D eigenvalue weighted by molar-refractivity contribution is -0.384. The van der Waals surface area contributed by atoms with E-state index in [1.54, 1.807) is 17.6 Å². The highest BCUT2D eigenvalue weighted by atomic mass is 32.2. The quantitative estimate of drug-likeness (QED) is 0.288. The molecule has 10 heteroatoms. The summed E-state index contributed by atoms with van der Waals surface area (Å²) in [6, 6.07) is 12.3. The van der Waals surface area contributed by atoms with Gasteiger partial charge in [-0.15, -0.1) is 10.2 Å². The van der Waals surface area contributed by atoms with Gasteiger partial charge in [-0.05, 0) is 43.5 Å². The van der Waals surface area contributed by atoms with Crippen LogP contribution in [0.2, 0.25) is 0 Å². The first-order valence-electron chi connectivity index (χ1n) is 10.1. The van der Waals surface area contributed by atoms with E-state index >= 15 is 0 Å². The normalized spacial score (nSPS) is 11.8. The van der Waals surface area contributed by atoms with Gasteiger partial charge in [0, 0.05) is 19.2 Å². The first-order chi connectivity index (χ1) is 15.3. The summed E-state index contributed by atoms with van der Waals surface area (Å²) in [6.45, 7) is 5.77. The molecule has 0 radical (unpaired) electrons. The van der Waals surface area contributed by atoms with Crippen LogP contribution in [0.15, 0.2) is 47.6 Å². The molecule has 1 N–H and O–H groups in total. The standard InChI is InChI=1S/C22H25N5O4S/c1-5-16-7-10-18(11-8-16)31-15(3)21-24-25-22(26(21)4)32-13-20(28)23-19-12-17(27(29)30)9-6-14(19)2/h6-12,15H,5,13H2,1-4H3,(H,23,28)/t15-/m0/s1. The molecule has 0 aliphatic rings. The van der Waals surface area contributed by atoms with Crippen LogP contribution in [0, 0.1) is 17.0 Å². The van der Waals surface area contributed by atoms with Gasteiger partial charge in [0.15, 0.2) is 17.1 Å². The lowest BCUT2D eigenvalue weighted by Gasteiger charge is -2.14. The molecule has 0 bridgehead atoms. The molecule has 9 nitrogen and oxygen atoms in total. The fourth-order valence-corrected chi connectivity index (χ4v) is 3.76. The molecule has 0 saturated carbocycles. The number of amides is 1. The number of nitrogens with zero attached hydrogens (tertiary/aromatic N) is 4. The van der Waals surface area contributed by atoms with Crippen molar-refractivity contribution >= 4 is 29.0 Å². The summed E-state index contributed by atoms with van der Waals surface area (Å²) in [5.41, 5.74) is 2.32. The van der Waals surface area contributed by atoms with Crippen molar-refractivity contribution in [2.24, 2.45) is 7.05 Å². The van der Waals surface area contributed by atoms with Crippen LogP contribution in [-0.2, 0) is 18.3 Å². The first kappa shape index (κ1) is 23.3. The van der Waals surface area contributed by atoms with Crippen LogP contribution in [0.4, 0.5) is 11.4 Å². The maximum Gasteiger partial charge on any atom is 0.271 e. The van der Waals surface area contributed by atoms with Crippen molar-refractivity contribution in [3.8, 4) is 5.75 Å². The predicted molar refractivity (Wildman–Crippen MR) is 123 cm³/mol. The molecule has 0 unspecified atom stereocenters. The van der Waals surface area contributed by atoms with E-state index in [1.807, 2.05) is 38.2 Å². The van der Waals surface area contributed by atoms with Crippen LogP contribution in [0.1, 0.15) is 36.9 Å². The van der Waals surface area contributed by atoms with Gasteiger partial charge in [0.1, 0.15) is 5.75 Å². The summed E-state index contributed by atoms with van der Waals surface area (Å²) in [6.07, 6.45) is 0.643. The molecule has 3 aromatic rings. The third kappa shape index (κ3) is 5.64. The molecule has 3 rings (SSSR count). The number of aryl methyl sites for hydroxylation is 2. The summed E-state index contributed by atoms with van der Waals surface area (Å²) in [4.78, 5) is 22.8. The zero-order valence-electron chi connectivity index (χ0n) is 18.4. The Morgan fingerprint density at radius 2 is 1.97 bits per heavy atom. The third-order valence-corrected chi connectivity index (χ3v) is 5.94. The van der Waals surface area contributed by atoms with Crippen molar-refractivity contribution in [3.63, 3.8) is 0 Å². The summed E-state index contributed by atoms with van der Waals surface area (Å²) in [5, 5.41) is 22.6. The predicted octanol–water partition coefficient (Wildman–Crippen LogP) is 4.46. The molecule has 1 heterocycles. The van der Waals surface area contributed by atoms with Crippen LogP contribution in [0.5, 0.6) is 5.75 Å². The van der Waals surface area contributed by atoms with Crippen molar-refractivity contribution in [2.75, 3.05) is 11.1 Å². The van der Waals surface area contributed by atoms with Gasteiger partial charge >= 0.3 is 0 Å². The van der Waals surface area contributed by atoms with E-state index < -0.39 is 4.92 Å². The topological polar surface area (TPSA) is 112 Å². The number of benzene rings is 2. The number of nitro groups is 1. The molecule has 168 valence electrons. The third-order valence-electron chi connectivity index (χ3n) is 4.92. The largest absolute Gasteiger partial charge is 0.483 e. The first-order valence-corrected chi connectivity index (χ1v) is 11.1. The number of thioether (sulfide) groups is 1. The SMILES string of the molecule is CCc1ccc(O[C@@H](C)c2nnc(SCC(=O)Nc3cc([N+](=O)[O-])ccc3C)n2C)cc1. The Hall–Kier alpha value is -3.40. The lowest BCUT2D eigenvalue weighted by atomic mass is 10.2.